The Labute approximate surface area is 114 Å². The molecule has 19 heavy (non-hydrogen) atoms. The van der Waals surface area contributed by atoms with Gasteiger partial charge >= 0.3 is 0 Å². The quantitative estimate of drug-likeness (QED) is 0.333. The van der Waals surface area contributed by atoms with Crippen molar-refractivity contribution in [2.75, 3.05) is 12.3 Å². The van der Waals surface area contributed by atoms with Crippen LogP contribution in [-0.4, -0.2) is 31.2 Å². The van der Waals surface area contributed by atoms with Crippen molar-refractivity contribution in [3.8, 4) is 0 Å². The second-order valence-corrected chi connectivity index (χ2v) is 6.38. The summed E-state index contributed by atoms with van der Waals surface area (Å²) >= 11 is 0. The number of hydrogen-bond donors (Lipinski definition) is 2. The normalized spacial score (nSPS) is 13.5. The van der Waals surface area contributed by atoms with Crippen LogP contribution in [0.25, 0.3) is 0 Å². The lowest BCUT2D eigenvalue weighted by Gasteiger charge is -2.18. The lowest BCUT2D eigenvalue weighted by molar-refractivity contribution is -0.366. The SMILES string of the molecule is CC(C)C(C(=O)[O-])=C(CC[NH3+])CCCCS(=O)(=O)O. The fourth-order valence-corrected chi connectivity index (χ4v) is 2.59. The van der Waals surface area contributed by atoms with Crippen LogP contribution in [0.3, 0.4) is 0 Å². The van der Waals surface area contributed by atoms with E-state index in [2.05, 4.69) is 5.73 Å². The van der Waals surface area contributed by atoms with Crippen molar-refractivity contribution < 1.29 is 28.6 Å². The number of aliphatic carboxylic acids is 1. The molecule has 0 rings (SSSR count). The highest BCUT2D eigenvalue weighted by atomic mass is 32.2. The molecule has 0 unspecified atom stereocenters. The molecule has 0 radical (unpaired) electrons. The first-order valence-corrected chi connectivity index (χ1v) is 7.97. The first kappa shape index (κ1) is 18.1. The Morgan fingerprint density at radius 2 is 1.84 bits per heavy atom. The Bertz CT molecular complexity index is 425. The zero-order valence-corrected chi connectivity index (χ0v) is 12.3. The summed E-state index contributed by atoms with van der Waals surface area (Å²) in [5.74, 6) is -1.62. The fourth-order valence-electron chi connectivity index (χ4n) is 2.02. The summed E-state index contributed by atoms with van der Waals surface area (Å²) in [5.41, 5.74) is 4.76. The van der Waals surface area contributed by atoms with Crippen LogP contribution in [0.1, 0.15) is 39.5 Å². The topological polar surface area (TPSA) is 122 Å². The van der Waals surface area contributed by atoms with Crippen molar-refractivity contribution in [1.82, 2.24) is 0 Å². The average Bonchev–Trinajstić information content (AvgIpc) is 2.22. The van der Waals surface area contributed by atoms with E-state index in [1.54, 1.807) is 13.8 Å². The van der Waals surface area contributed by atoms with E-state index in [1.165, 1.54) is 0 Å². The second-order valence-electron chi connectivity index (χ2n) is 4.81. The summed E-state index contributed by atoms with van der Waals surface area (Å²) in [6.07, 6.45) is 1.87. The fraction of sp³-hybridized carbons (Fsp3) is 0.750. The summed E-state index contributed by atoms with van der Waals surface area (Å²) in [7, 11) is -3.94. The Morgan fingerprint density at radius 3 is 2.21 bits per heavy atom. The van der Waals surface area contributed by atoms with Gasteiger partial charge in [-0.1, -0.05) is 19.4 Å². The zero-order valence-electron chi connectivity index (χ0n) is 11.5. The van der Waals surface area contributed by atoms with Crippen LogP contribution in [-0.2, 0) is 14.9 Å². The smallest absolute Gasteiger partial charge is 0.264 e. The molecule has 0 bridgehead atoms. The van der Waals surface area contributed by atoms with Crippen molar-refractivity contribution >= 4 is 16.1 Å². The maximum absolute atomic E-state index is 11.1. The molecular formula is C12H23NO5S. The minimum Gasteiger partial charge on any atom is -0.545 e. The van der Waals surface area contributed by atoms with Gasteiger partial charge in [0.05, 0.1) is 18.3 Å². The van der Waals surface area contributed by atoms with Gasteiger partial charge in [0.2, 0.25) is 0 Å². The van der Waals surface area contributed by atoms with Crippen LogP contribution in [0.4, 0.5) is 0 Å². The number of quaternary nitrogens is 1. The monoisotopic (exact) mass is 293 g/mol. The van der Waals surface area contributed by atoms with Gasteiger partial charge < -0.3 is 15.6 Å². The summed E-state index contributed by atoms with van der Waals surface area (Å²) in [5, 5.41) is 11.1. The van der Waals surface area contributed by atoms with Crippen molar-refractivity contribution in [3.05, 3.63) is 11.1 Å². The maximum Gasteiger partial charge on any atom is 0.264 e. The number of carboxylic acids is 1. The van der Waals surface area contributed by atoms with Gasteiger partial charge in [-0.3, -0.25) is 4.55 Å². The third kappa shape index (κ3) is 7.97. The Balaban J connectivity index is 4.72. The van der Waals surface area contributed by atoms with E-state index in [-0.39, 0.29) is 17.2 Å². The lowest BCUT2D eigenvalue weighted by atomic mass is 9.92. The second kappa shape index (κ2) is 8.29. The van der Waals surface area contributed by atoms with E-state index in [0.717, 1.165) is 5.57 Å². The van der Waals surface area contributed by atoms with Crippen molar-refractivity contribution in [1.29, 1.82) is 0 Å². The lowest BCUT2D eigenvalue weighted by Crippen LogP contribution is -2.50. The highest BCUT2D eigenvalue weighted by Gasteiger charge is 2.13. The number of unbranched alkanes of at least 4 members (excludes halogenated alkanes) is 1. The molecule has 0 atom stereocenters. The molecule has 0 aliphatic rings. The molecule has 0 aliphatic heterocycles. The third-order valence-electron chi connectivity index (χ3n) is 2.79. The van der Waals surface area contributed by atoms with Crippen LogP contribution in [0.5, 0.6) is 0 Å². The number of hydrogen-bond acceptors (Lipinski definition) is 4. The summed E-state index contributed by atoms with van der Waals surface area (Å²) in [6.45, 7) is 4.15. The molecule has 0 aromatic heterocycles. The van der Waals surface area contributed by atoms with E-state index >= 15 is 0 Å². The molecule has 0 aromatic rings. The van der Waals surface area contributed by atoms with Crippen molar-refractivity contribution in [3.63, 3.8) is 0 Å². The number of carboxylic acid groups (broad SMARTS) is 1. The summed E-state index contributed by atoms with van der Waals surface area (Å²) in [6, 6.07) is 0. The summed E-state index contributed by atoms with van der Waals surface area (Å²) < 4.78 is 29.8. The minimum absolute atomic E-state index is 0.145. The number of rotatable bonds is 9. The standard InChI is InChI=1S/C12H23NO5S/c1-9(2)11(12(14)15)10(6-7-13)5-3-4-8-19(16,17)18/h9H,3-8,13H2,1-2H3,(H,14,15)(H,16,17,18). The maximum atomic E-state index is 11.1. The van der Waals surface area contributed by atoms with Gasteiger partial charge in [0.25, 0.3) is 10.1 Å². The van der Waals surface area contributed by atoms with Gasteiger partial charge in [-0.2, -0.15) is 8.42 Å². The van der Waals surface area contributed by atoms with E-state index in [0.29, 0.717) is 32.2 Å². The predicted molar refractivity (Wildman–Crippen MR) is 69.5 cm³/mol. The van der Waals surface area contributed by atoms with Crippen LogP contribution in [0.2, 0.25) is 0 Å². The molecule has 0 spiro atoms. The first-order valence-electron chi connectivity index (χ1n) is 6.36. The van der Waals surface area contributed by atoms with E-state index < -0.39 is 16.1 Å². The molecule has 0 amide bonds. The van der Waals surface area contributed by atoms with Crippen LogP contribution < -0.4 is 10.8 Å². The van der Waals surface area contributed by atoms with E-state index in [4.69, 9.17) is 4.55 Å². The van der Waals surface area contributed by atoms with Gasteiger partial charge in [0.1, 0.15) is 0 Å². The molecule has 0 saturated heterocycles. The van der Waals surface area contributed by atoms with Crippen LogP contribution in [0, 0.1) is 5.92 Å². The molecule has 0 saturated carbocycles. The van der Waals surface area contributed by atoms with Gasteiger partial charge in [-0.15, -0.1) is 0 Å². The average molecular weight is 293 g/mol. The highest BCUT2D eigenvalue weighted by molar-refractivity contribution is 7.85. The first-order chi connectivity index (χ1) is 8.69. The molecule has 6 nitrogen and oxygen atoms in total. The summed E-state index contributed by atoms with van der Waals surface area (Å²) in [4.78, 5) is 11.1. The van der Waals surface area contributed by atoms with Crippen LogP contribution in [0.15, 0.2) is 11.1 Å². The Kier molecular flexibility index (Phi) is 7.89. The molecular weight excluding hydrogens is 270 g/mol. The molecule has 7 heteroatoms. The van der Waals surface area contributed by atoms with Crippen LogP contribution >= 0.6 is 0 Å². The van der Waals surface area contributed by atoms with E-state index in [1.807, 2.05) is 0 Å². The van der Waals surface area contributed by atoms with Gasteiger partial charge in [-0.05, 0) is 30.8 Å². The molecule has 0 fully saturated rings. The Morgan fingerprint density at radius 1 is 1.26 bits per heavy atom. The molecule has 0 heterocycles. The van der Waals surface area contributed by atoms with Gasteiger partial charge in [0, 0.05) is 6.42 Å². The number of carbonyl (C=O) groups is 1. The molecule has 0 aromatic carbocycles. The van der Waals surface area contributed by atoms with Gasteiger partial charge in [0.15, 0.2) is 0 Å². The van der Waals surface area contributed by atoms with Crippen molar-refractivity contribution in [2.45, 2.75) is 39.5 Å². The Hall–Kier alpha value is -0.920. The van der Waals surface area contributed by atoms with E-state index in [9.17, 15) is 18.3 Å². The largest absolute Gasteiger partial charge is 0.545 e. The van der Waals surface area contributed by atoms with Crippen molar-refractivity contribution in [2.24, 2.45) is 5.92 Å². The van der Waals surface area contributed by atoms with Gasteiger partial charge in [-0.25, -0.2) is 0 Å². The molecule has 4 N–H and O–H groups in total. The number of carbonyl (C=O) groups excluding carboxylic acids is 1. The third-order valence-corrected chi connectivity index (χ3v) is 3.59. The molecule has 112 valence electrons. The highest BCUT2D eigenvalue weighted by Crippen LogP contribution is 2.21. The predicted octanol–water partition coefficient (Wildman–Crippen LogP) is -0.621. The minimum atomic E-state index is -3.94. The molecule has 0 aliphatic carbocycles. The zero-order chi connectivity index (χ0) is 15.1.